The van der Waals surface area contributed by atoms with Gasteiger partial charge in [0.15, 0.2) is 0 Å². The van der Waals surface area contributed by atoms with E-state index in [0.717, 1.165) is 12.1 Å². The smallest absolute Gasteiger partial charge is 0.233 e. The molecule has 3 N–H and O–H groups in total. The highest BCUT2D eigenvalue weighted by Gasteiger charge is 2.17. The number of hydrogen-bond acceptors (Lipinski definition) is 3. The molecule has 1 aromatic rings. The Bertz CT molecular complexity index is 393. The molecule has 1 amide bonds. The van der Waals surface area contributed by atoms with Crippen molar-refractivity contribution in [3.05, 3.63) is 35.4 Å². The number of carbonyl (C=O) groups excluding carboxylic acids is 1. The lowest BCUT2D eigenvalue weighted by atomic mass is 10.1. The predicted molar refractivity (Wildman–Crippen MR) is 62.9 cm³/mol. The third-order valence-electron chi connectivity index (χ3n) is 2.33. The number of carbonyl (C=O) groups is 1. The van der Waals surface area contributed by atoms with Gasteiger partial charge >= 0.3 is 0 Å². The summed E-state index contributed by atoms with van der Waals surface area (Å²) in [5.41, 5.74) is -0.388. The predicted octanol–water partition coefficient (Wildman–Crippen LogP) is 0.724. The van der Waals surface area contributed by atoms with Crippen LogP contribution in [0.3, 0.4) is 0 Å². The van der Waals surface area contributed by atoms with Gasteiger partial charge in [-0.1, -0.05) is 6.07 Å². The molecule has 0 aromatic heterocycles. The Balaban J connectivity index is 2.50. The van der Waals surface area contributed by atoms with E-state index in [4.69, 9.17) is 0 Å². The monoisotopic (exact) mass is 258 g/mol. The van der Waals surface area contributed by atoms with Gasteiger partial charge in [0.05, 0.1) is 18.2 Å². The van der Waals surface area contributed by atoms with Crippen molar-refractivity contribution < 1.29 is 18.7 Å². The molecule has 0 aliphatic rings. The van der Waals surface area contributed by atoms with E-state index >= 15 is 0 Å². The van der Waals surface area contributed by atoms with E-state index in [1.165, 1.54) is 6.07 Å². The molecular weight excluding hydrogens is 242 g/mol. The first-order chi connectivity index (χ1) is 8.56. The maximum atomic E-state index is 13.3. The van der Waals surface area contributed by atoms with E-state index < -0.39 is 17.7 Å². The van der Waals surface area contributed by atoms with Crippen LogP contribution in [0.1, 0.15) is 18.6 Å². The molecule has 18 heavy (non-hydrogen) atoms. The van der Waals surface area contributed by atoms with E-state index in [-0.39, 0.29) is 24.6 Å². The van der Waals surface area contributed by atoms with Crippen LogP contribution in [0.15, 0.2) is 18.2 Å². The Kier molecular flexibility index (Phi) is 5.67. The van der Waals surface area contributed by atoms with Gasteiger partial charge in [0, 0.05) is 13.1 Å². The first kappa shape index (κ1) is 14.5. The van der Waals surface area contributed by atoms with Gasteiger partial charge in [-0.3, -0.25) is 4.79 Å². The van der Waals surface area contributed by atoms with E-state index in [0.29, 0.717) is 6.54 Å². The van der Waals surface area contributed by atoms with Crippen LogP contribution in [-0.2, 0) is 4.79 Å². The van der Waals surface area contributed by atoms with Gasteiger partial charge in [0.25, 0.3) is 0 Å². The number of benzene rings is 1. The molecule has 0 bridgehead atoms. The summed E-state index contributed by atoms with van der Waals surface area (Å²) < 4.78 is 26.6. The fraction of sp³-hybridized carbons (Fsp3) is 0.417. The van der Waals surface area contributed by atoms with Crippen LogP contribution < -0.4 is 10.6 Å². The van der Waals surface area contributed by atoms with Crippen molar-refractivity contribution in [2.24, 2.45) is 0 Å². The minimum absolute atomic E-state index is 0.0129. The van der Waals surface area contributed by atoms with Crippen LogP contribution in [0.5, 0.6) is 0 Å². The Hall–Kier alpha value is -1.53. The Labute approximate surface area is 104 Å². The lowest BCUT2D eigenvalue weighted by molar-refractivity contribution is -0.120. The molecule has 4 nitrogen and oxygen atoms in total. The number of amides is 1. The molecule has 0 saturated carbocycles. The lowest BCUT2D eigenvalue weighted by Gasteiger charge is -2.13. The summed E-state index contributed by atoms with van der Waals surface area (Å²) in [6.45, 7) is 2.17. The molecule has 0 saturated heterocycles. The average Bonchev–Trinajstić information content (AvgIpc) is 2.29. The van der Waals surface area contributed by atoms with Gasteiger partial charge in [-0.2, -0.15) is 0 Å². The molecule has 0 aliphatic heterocycles. The number of nitrogens with one attached hydrogen (secondary N) is 2. The van der Waals surface area contributed by atoms with Crippen LogP contribution in [0, 0.1) is 11.6 Å². The number of halogens is 2. The summed E-state index contributed by atoms with van der Waals surface area (Å²) in [6, 6.07) is 3.37. The maximum absolute atomic E-state index is 13.3. The molecule has 1 atom stereocenters. The fourth-order valence-electron chi connectivity index (χ4n) is 1.51. The van der Waals surface area contributed by atoms with E-state index in [1.807, 2.05) is 0 Å². The van der Waals surface area contributed by atoms with E-state index in [2.05, 4.69) is 10.6 Å². The lowest BCUT2D eigenvalue weighted by Crippen LogP contribution is -2.35. The second-order valence-electron chi connectivity index (χ2n) is 3.74. The molecule has 0 spiro atoms. The van der Waals surface area contributed by atoms with Crippen LogP contribution in [0.25, 0.3) is 0 Å². The van der Waals surface area contributed by atoms with Crippen LogP contribution in [0.2, 0.25) is 0 Å². The number of aliphatic hydroxyl groups is 1. The molecule has 6 heteroatoms. The van der Waals surface area contributed by atoms with E-state index in [9.17, 15) is 18.7 Å². The summed E-state index contributed by atoms with van der Waals surface area (Å²) >= 11 is 0. The molecule has 0 heterocycles. The molecule has 0 fully saturated rings. The molecule has 1 aromatic carbocycles. The maximum Gasteiger partial charge on any atom is 0.233 e. The number of hydrogen-bond donors (Lipinski definition) is 3. The molecule has 1 unspecified atom stereocenters. The number of aliphatic hydroxyl groups excluding tert-OH is 1. The van der Waals surface area contributed by atoms with Gasteiger partial charge < -0.3 is 15.7 Å². The summed E-state index contributed by atoms with van der Waals surface area (Å²) in [4.78, 5) is 11.1. The zero-order chi connectivity index (χ0) is 13.5. The normalized spacial score (nSPS) is 12.2. The van der Waals surface area contributed by atoms with Crippen molar-refractivity contribution in [3.63, 3.8) is 0 Å². The number of likely N-dealkylation sites (N-methyl/N-ethyl adjacent to an activating group) is 1. The fourth-order valence-corrected chi connectivity index (χ4v) is 1.51. The summed E-state index contributed by atoms with van der Waals surface area (Å²) in [5.74, 6) is -1.84. The zero-order valence-electron chi connectivity index (χ0n) is 10.0. The van der Waals surface area contributed by atoms with Gasteiger partial charge in [0.1, 0.15) is 11.6 Å². The Morgan fingerprint density at radius 1 is 1.39 bits per heavy atom. The SMILES string of the molecule is CCNC(=O)CNCC(O)c1c(F)cccc1F. The zero-order valence-corrected chi connectivity index (χ0v) is 10.0. The first-order valence-corrected chi connectivity index (χ1v) is 5.65. The summed E-state index contributed by atoms with van der Waals surface area (Å²) in [7, 11) is 0. The second kappa shape index (κ2) is 7.03. The van der Waals surface area contributed by atoms with Gasteiger partial charge in [-0.15, -0.1) is 0 Å². The van der Waals surface area contributed by atoms with Crippen molar-refractivity contribution >= 4 is 5.91 Å². The Morgan fingerprint density at radius 3 is 2.56 bits per heavy atom. The standard InChI is InChI=1S/C12H16F2N2O2/c1-2-16-11(18)7-15-6-10(17)12-8(13)4-3-5-9(12)14/h3-5,10,15,17H,2,6-7H2,1H3,(H,16,18). The van der Waals surface area contributed by atoms with Crippen molar-refractivity contribution in [1.82, 2.24) is 10.6 Å². The molecule has 100 valence electrons. The minimum Gasteiger partial charge on any atom is -0.387 e. The highest BCUT2D eigenvalue weighted by Crippen LogP contribution is 2.19. The van der Waals surface area contributed by atoms with Crippen molar-refractivity contribution in [3.8, 4) is 0 Å². The quantitative estimate of drug-likeness (QED) is 0.704. The summed E-state index contributed by atoms with van der Waals surface area (Å²) in [6.07, 6.45) is -1.33. The van der Waals surface area contributed by atoms with Gasteiger partial charge in [-0.25, -0.2) is 8.78 Å². The topological polar surface area (TPSA) is 61.4 Å². The van der Waals surface area contributed by atoms with Crippen LogP contribution in [0.4, 0.5) is 8.78 Å². The third kappa shape index (κ3) is 4.05. The van der Waals surface area contributed by atoms with Crippen molar-refractivity contribution in [2.45, 2.75) is 13.0 Å². The molecular formula is C12H16F2N2O2. The van der Waals surface area contributed by atoms with Crippen molar-refractivity contribution in [1.29, 1.82) is 0 Å². The van der Waals surface area contributed by atoms with Crippen LogP contribution >= 0.6 is 0 Å². The van der Waals surface area contributed by atoms with Gasteiger partial charge in [0.2, 0.25) is 5.91 Å². The molecule has 1 rings (SSSR count). The molecule has 0 aliphatic carbocycles. The second-order valence-corrected chi connectivity index (χ2v) is 3.74. The minimum atomic E-state index is -1.33. The highest BCUT2D eigenvalue weighted by molar-refractivity contribution is 5.77. The summed E-state index contributed by atoms with van der Waals surface area (Å²) in [5, 5.41) is 14.8. The first-order valence-electron chi connectivity index (χ1n) is 5.65. The van der Waals surface area contributed by atoms with Crippen molar-refractivity contribution in [2.75, 3.05) is 19.6 Å². The largest absolute Gasteiger partial charge is 0.387 e. The third-order valence-corrected chi connectivity index (χ3v) is 2.33. The van der Waals surface area contributed by atoms with E-state index in [1.54, 1.807) is 6.92 Å². The average molecular weight is 258 g/mol. The highest BCUT2D eigenvalue weighted by atomic mass is 19.1. The van der Waals surface area contributed by atoms with Crippen LogP contribution in [-0.4, -0.2) is 30.6 Å². The van der Waals surface area contributed by atoms with Gasteiger partial charge in [-0.05, 0) is 19.1 Å². The Morgan fingerprint density at radius 2 is 2.00 bits per heavy atom. The molecule has 0 radical (unpaired) electrons. The number of rotatable bonds is 6.